The summed E-state index contributed by atoms with van der Waals surface area (Å²) < 4.78 is 5.64. The van der Waals surface area contributed by atoms with Crippen molar-refractivity contribution in [2.24, 2.45) is 11.8 Å². The van der Waals surface area contributed by atoms with Gasteiger partial charge in [-0.3, -0.25) is 11.3 Å². The van der Waals surface area contributed by atoms with Gasteiger partial charge in [-0.1, -0.05) is 6.92 Å². The van der Waals surface area contributed by atoms with Crippen LogP contribution < -0.4 is 11.3 Å². The van der Waals surface area contributed by atoms with E-state index in [1.165, 1.54) is 12.8 Å². The molecular formula is C10H22N2O. The van der Waals surface area contributed by atoms with Gasteiger partial charge in [0.2, 0.25) is 0 Å². The maximum Gasteiger partial charge on any atom is 0.0841 e. The molecule has 0 aromatic carbocycles. The van der Waals surface area contributed by atoms with E-state index < -0.39 is 0 Å². The highest BCUT2D eigenvalue weighted by molar-refractivity contribution is 4.93. The maximum absolute atomic E-state index is 5.64. The van der Waals surface area contributed by atoms with Crippen molar-refractivity contribution in [3.05, 3.63) is 0 Å². The van der Waals surface area contributed by atoms with Crippen molar-refractivity contribution < 1.29 is 4.74 Å². The van der Waals surface area contributed by atoms with Gasteiger partial charge in [0.1, 0.15) is 0 Å². The van der Waals surface area contributed by atoms with Crippen LogP contribution >= 0.6 is 0 Å². The zero-order chi connectivity index (χ0) is 9.90. The van der Waals surface area contributed by atoms with Gasteiger partial charge in [0.25, 0.3) is 0 Å². The second-order valence-electron chi connectivity index (χ2n) is 4.34. The highest BCUT2D eigenvalue weighted by atomic mass is 16.5. The largest absolute Gasteiger partial charge is 0.377 e. The van der Waals surface area contributed by atoms with E-state index in [-0.39, 0.29) is 11.6 Å². The van der Waals surface area contributed by atoms with Gasteiger partial charge >= 0.3 is 0 Å². The lowest BCUT2D eigenvalue weighted by atomic mass is 9.76. The minimum atomic E-state index is -0.0265. The predicted octanol–water partition coefficient (Wildman–Crippen LogP) is 1.43. The Hall–Kier alpha value is -0.120. The molecule has 3 heteroatoms. The molecule has 1 aliphatic rings. The van der Waals surface area contributed by atoms with Crippen LogP contribution in [0.1, 0.15) is 39.5 Å². The number of rotatable bonds is 3. The number of hydrogen-bond donors (Lipinski definition) is 2. The standard InChI is InChI=1S/C10H22N2O/c1-8-4-6-10(13-3,7-5-8)9(2)12-11/h8-9,12H,4-7,11H2,1-3H3. The van der Waals surface area contributed by atoms with Crippen LogP contribution in [0, 0.1) is 5.92 Å². The third kappa shape index (κ3) is 2.22. The van der Waals surface area contributed by atoms with Crippen LogP contribution in [-0.4, -0.2) is 18.8 Å². The zero-order valence-electron chi connectivity index (χ0n) is 8.97. The van der Waals surface area contributed by atoms with Gasteiger partial charge in [0.05, 0.1) is 5.60 Å². The van der Waals surface area contributed by atoms with Crippen LogP contribution in [0.2, 0.25) is 0 Å². The molecule has 0 spiro atoms. The smallest absolute Gasteiger partial charge is 0.0841 e. The van der Waals surface area contributed by atoms with Crippen LogP contribution in [-0.2, 0) is 4.74 Å². The van der Waals surface area contributed by atoms with Crippen LogP contribution in [0.25, 0.3) is 0 Å². The molecule has 0 saturated heterocycles. The number of nitrogens with two attached hydrogens (primary N) is 1. The van der Waals surface area contributed by atoms with Gasteiger partial charge in [-0.2, -0.15) is 0 Å². The third-order valence-corrected chi connectivity index (χ3v) is 3.57. The summed E-state index contributed by atoms with van der Waals surface area (Å²) in [7, 11) is 1.80. The van der Waals surface area contributed by atoms with Crippen LogP contribution in [0.3, 0.4) is 0 Å². The Kier molecular flexibility index (Phi) is 3.71. The molecule has 78 valence electrons. The summed E-state index contributed by atoms with van der Waals surface area (Å²) in [6, 6.07) is 0.241. The molecule has 0 aliphatic heterocycles. The molecule has 0 amide bonds. The summed E-state index contributed by atoms with van der Waals surface area (Å²) in [6.45, 7) is 4.40. The number of ether oxygens (including phenoxy) is 1. The van der Waals surface area contributed by atoms with Crippen LogP contribution in [0.4, 0.5) is 0 Å². The molecule has 0 radical (unpaired) electrons. The molecule has 0 heterocycles. The molecule has 1 fully saturated rings. The summed E-state index contributed by atoms with van der Waals surface area (Å²) in [6.07, 6.45) is 4.74. The van der Waals surface area contributed by atoms with Gasteiger partial charge in [-0.15, -0.1) is 0 Å². The first kappa shape index (κ1) is 11.0. The van der Waals surface area contributed by atoms with E-state index in [1.54, 1.807) is 7.11 Å². The summed E-state index contributed by atoms with van der Waals surface area (Å²) >= 11 is 0. The van der Waals surface area contributed by atoms with Gasteiger partial charge < -0.3 is 4.74 Å². The SMILES string of the molecule is COC1(C(C)NN)CCC(C)CC1. The van der Waals surface area contributed by atoms with Gasteiger partial charge in [0, 0.05) is 13.2 Å². The molecule has 1 aliphatic carbocycles. The Morgan fingerprint density at radius 3 is 2.38 bits per heavy atom. The number of methoxy groups -OCH3 is 1. The Morgan fingerprint density at radius 1 is 1.46 bits per heavy atom. The first-order chi connectivity index (χ1) is 6.14. The predicted molar refractivity (Wildman–Crippen MR) is 54.2 cm³/mol. The lowest BCUT2D eigenvalue weighted by molar-refractivity contribution is -0.0704. The van der Waals surface area contributed by atoms with Crippen molar-refractivity contribution in [1.82, 2.24) is 5.43 Å². The van der Waals surface area contributed by atoms with Crippen molar-refractivity contribution in [1.29, 1.82) is 0 Å². The van der Waals surface area contributed by atoms with E-state index in [0.717, 1.165) is 18.8 Å². The number of nitrogens with one attached hydrogen (secondary N) is 1. The number of hydrogen-bond acceptors (Lipinski definition) is 3. The minimum absolute atomic E-state index is 0.0265. The fourth-order valence-corrected chi connectivity index (χ4v) is 2.22. The molecule has 3 N–H and O–H groups in total. The van der Waals surface area contributed by atoms with E-state index >= 15 is 0 Å². The first-order valence-electron chi connectivity index (χ1n) is 5.16. The molecule has 1 saturated carbocycles. The van der Waals surface area contributed by atoms with Crippen molar-refractivity contribution >= 4 is 0 Å². The molecule has 13 heavy (non-hydrogen) atoms. The quantitative estimate of drug-likeness (QED) is 0.518. The number of hydrazine groups is 1. The summed E-state index contributed by atoms with van der Waals surface area (Å²) in [5.74, 6) is 6.31. The molecule has 1 atom stereocenters. The van der Waals surface area contributed by atoms with E-state index in [1.807, 2.05) is 0 Å². The zero-order valence-corrected chi connectivity index (χ0v) is 8.97. The van der Waals surface area contributed by atoms with Crippen LogP contribution in [0.5, 0.6) is 0 Å². The maximum atomic E-state index is 5.64. The first-order valence-corrected chi connectivity index (χ1v) is 5.16. The highest BCUT2D eigenvalue weighted by Gasteiger charge is 2.38. The second kappa shape index (κ2) is 4.40. The topological polar surface area (TPSA) is 47.3 Å². The average molecular weight is 186 g/mol. The molecule has 0 aromatic rings. The third-order valence-electron chi connectivity index (χ3n) is 3.57. The lowest BCUT2D eigenvalue weighted by Crippen LogP contribution is -2.54. The molecule has 1 rings (SSSR count). The summed E-state index contributed by atoms with van der Waals surface area (Å²) in [4.78, 5) is 0. The van der Waals surface area contributed by atoms with Crippen molar-refractivity contribution in [3.63, 3.8) is 0 Å². The van der Waals surface area contributed by atoms with E-state index in [9.17, 15) is 0 Å². The molecular weight excluding hydrogens is 164 g/mol. The second-order valence-corrected chi connectivity index (χ2v) is 4.34. The molecule has 1 unspecified atom stereocenters. The van der Waals surface area contributed by atoms with Crippen molar-refractivity contribution in [3.8, 4) is 0 Å². The van der Waals surface area contributed by atoms with Gasteiger partial charge in [0.15, 0.2) is 0 Å². The van der Waals surface area contributed by atoms with Gasteiger partial charge in [-0.05, 0) is 38.5 Å². The van der Waals surface area contributed by atoms with Crippen molar-refractivity contribution in [2.45, 2.75) is 51.2 Å². The van der Waals surface area contributed by atoms with E-state index in [0.29, 0.717) is 0 Å². The Morgan fingerprint density at radius 2 is 2.00 bits per heavy atom. The van der Waals surface area contributed by atoms with Crippen molar-refractivity contribution in [2.75, 3.05) is 7.11 Å². The molecule has 3 nitrogen and oxygen atoms in total. The van der Waals surface area contributed by atoms with E-state index in [4.69, 9.17) is 10.6 Å². The Bertz CT molecular complexity index is 153. The monoisotopic (exact) mass is 186 g/mol. The highest BCUT2D eigenvalue weighted by Crippen LogP contribution is 2.36. The molecule has 0 aromatic heterocycles. The minimum Gasteiger partial charge on any atom is -0.377 e. The van der Waals surface area contributed by atoms with E-state index in [2.05, 4.69) is 19.3 Å². The van der Waals surface area contributed by atoms with Gasteiger partial charge in [-0.25, -0.2) is 0 Å². The van der Waals surface area contributed by atoms with Crippen LogP contribution in [0.15, 0.2) is 0 Å². The summed E-state index contributed by atoms with van der Waals surface area (Å²) in [5.41, 5.74) is 2.79. The normalized spacial score (nSPS) is 37.4. The fourth-order valence-electron chi connectivity index (χ4n) is 2.22. The summed E-state index contributed by atoms with van der Waals surface area (Å²) in [5, 5.41) is 0. The lowest BCUT2D eigenvalue weighted by Gasteiger charge is -2.42. The molecule has 0 bridgehead atoms. The Labute approximate surface area is 81.0 Å². The fraction of sp³-hybridized carbons (Fsp3) is 1.00. The average Bonchev–Trinajstić information content (AvgIpc) is 2.18. The Balaban J connectivity index is 2.60.